The van der Waals surface area contributed by atoms with Crippen molar-refractivity contribution < 1.29 is 0 Å². The summed E-state index contributed by atoms with van der Waals surface area (Å²) in [4.78, 5) is 13.3. The van der Waals surface area contributed by atoms with Crippen LogP contribution in [0, 0.1) is 5.92 Å². The molecule has 2 aliphatic heterocycles. The number of aromatic nitrogens is 2. The van der Waals surface area contributed by atoms with E-state index in [0.29, 0.717) is 0 Å². The van der Waals surface area contributed by atoms with Crippen molar-refractivity contribution in [2.24, 2.45) is 5.92 Å². The number of H-pyrrole nitrogens is 1. The smallest absolute Gasteiger partial charge is 0.203 e. The van der Waals surface area contributed by atoms with Gasteiger partial charge in [0, 0.05) is 13.1 Å². The van der Waals surface area contributed by atoms with Crippen LogP contribution in [0.2, 0.25) is 0 Å². The molecule has 124 valence electrons. The van der Waals surface area contributed by atoms with Gasteiger partial charge < -0.3 is 14.8 Å². The third kappa shape index (κ3) is 3.52. The van der Waals surface area contributed by atoms with Crippen molar-refractivity contribution in [3.8, 4) is 0 Å². The number of rotatable bonds is 5. The van der Waals surface area contributed by atoms with Gasteiger partial charge in [0.25, 0.3) is 0 Å². The molecule has 2 saturated heterocycles. The summed E-state index contributed by atoms with van der Waals surface area (Å²) in [5, 5.41) is 0. The van der Waals surface area contributed by atoms with Gasteiger partial charge in [-0.15, -0.1) is 0 Å². The van der Waals surface area contributed by atoms with Crippen LogP contribution < -0.4 is 4.90 Å². The minimum atomic E-state index is 0.915. The van der Waals surface area contributed by atoms with E-state index in [2.05, 4.69) is 39.0 Å². The number of nitrogens with zero attached hydrogens (tertiary/aromatic N) is 3. The summed E-state index contributed by atoms with van der Waals surface area (Å²) in [6.07, 6.45) is 8.25. The molecule has 0 amide bonds. The first-order valence-electron chi connectivity index (χ1n) is 9.30. The fourth-order valence-corrected chi connectivity index (χ4v) is 4.13. The second-order valence-electron chi connectivity index (χ2n) is 7.20. The largest absolute Gasteiger partial charge is 0.342 e. The number of benzene rings is 1. The maximum absolute atomic E-state index is 4.74. The van der Waals surface area contributed by atoms with E-state index in [9.17, 15) is 0 Å². The number of imidazole rings is 1. The summed E-state index contributed by atoms with van der Waals surface area (Å²) in [6.45, 7) is 6.29. The molecule has 2 fully saturated rings. The molecule has 4 rings (SSSR count). The highest BCUT2D eigenvalue weighted by atomic mass is 15.3. The minimum absolute atomic E-state index is 0.915. The van der Waals surface area contributed by atoms with Gasteiger partial charge in [-0.25, -0.2) is 4.98 Å². The predicted octanol–water partition coefficient (Wildman–Crippen LogP) is 3.66. The fraction of sp³-hybridized carbons (Fsp3) is 0.632. The Labute approximate surface area is 138 Å². The lowest BCUT2D eigenvalue weighted by molar-refractivity contribution is 0.299. The van der Waals surface area contributed by atoms with Crippen molar-refractivity contribution in [1.29, 1.82) is 0 Å². The summed E-state index contributed by atoms with van der Waals surface area (Å²) >= 11 is 0. The van der Waals surface area contributed by atoms with E-state index in [1.807, 2.05) is 0 Å². The van der Waals surface area contributed by atoms with E-state index >= 15 is 0 Å². The Hall–Kier alpha value is -1.55. The highest BCUT2D eigenvalue weighted by Crippen LogP contribution is 2.26. The van der Waals surface area contributed by atoms with Crippen LogP contribution >= 0.6 is 0 Å². The van der Waals surface area contributed by atoms with E-state index in [-0.39, 0.29) is 0 Å². The number of nitrogens with one attached hydrogen (secondary N) is 1. The molecule has 2 aromatic rings. The van der Waals surface area contributed by atoms with E-state index in [4.69, 9.17) is 4.98 Å². The lowest BCUT2D eigenvalue weighted by atomic mass is 9.92. The maximum Gasteiger partial charge on any atom is 0.203 e. The van der Waals surface area contributed by atoms with Crippen molar-refractivity contribution in [3.63, 3.8) is 0 Å². The topological polar surface area (TPSA) is 35.2 Å². The third-order valence-electron chi connectivity index (χ3n) is 5.58. The van der Waals surface area contributed by atoms with Crippen LogP contribution in [-0.2, 0) is 0 Å². The number of aromatic amines is 1. The third-order valence-corrected chi connectivity index (χ3v) is 5.58. The number of para-hydroxylation sites is 2. The zero-order valence-corrected chi connectivity index (χ0v) is 14.0. The zero-order chi connectivity index (χ0) is 15.5. The molecule has 0 atom stereocenters. The molecule has 1 N–H and O–H groups in total. The van der Waals surface area contributed by atoms with Gasteiger partial charge in [0.2, 0.25) is 5.95 Å². The maximum atomic E-state index is 4.74. The second kappa shape index (κ2) is 6.91. The summed E-state index contributed by atoms with van der Waals surface area (Å²) in [5.74, 6) is 1.97. The molecule has 3 heterocycles. The van der Waals surface area contributed by atoms with Crippen molar-refractivity contribution in [2.45, 2.75) is 38.5 Å². The van der Waals surface area contributed by atoms with Gasteiger partial charge in [0.15, 0.2) is 0 Å². The van der Waals surface area contributed by atoms with Crippen molar-refractivity contribution >= 4 is 17.0 Å². The Morgan fingerprint density at radius 1 is 1.04 bits per heavy atom. The van der Waals surface area contributed by atoms with Crippen molar-refractivity contribution in [3.05, 3.63) is 24.3 Å². The number of hydrogen-bond acceptors (Lipinski definition) is 3. The van der Waals surface area contributed by atoms with Crippen LogP contribution in [0.25, 0.3) is 11.0 Å². The standard InChI is InChI=1S/C19H28N4/c1-2-8-18-17(7-1)20-19(21-18)23-14-9-16(10-15-23)6-5-13-22-11-3-4-12-22/h1-2,7-8,16H,3-6,9-15H2,(H,20,21). The van der Waals surface area contributed by atoms with Crippen LogP contribution in [0.4, 0.5) is 5.95 Å². The van der Waals surface area contributed by atoms with Crippen LogP contribution in [-0.4, -0.2) is 47.6 Å². The number of likely N-dealkylation sites (tertiary alicyclic amines) is 1. The number of anilines is 1. The number of piperidine rings is 1. The molecule has 23 heavy (non-hydrogen) atoms. The van der Waals surface area contributed by atoms with Crippen LogP contribution in [0.3, 0.4) is 0 Å². The van der Waals surface area contributed by atoms with Gasteiger partial charge in [0.05, 0.1) is 11.0 Å². The van der Waals surface area contributed by atoms with Crippen LogP contribution in [0.1, 0.15) is 38.5 Å². The van der Waals surface area contributed by atoms with Crippen molar-refractivity contribution in [2.75, 3.05) is 37.6 Å². The van der Waals surface area contributed by atoms with Gasteiger partial charge in [-0.3, -0.25) is 0 Å². The second-order valence-corrected chi connectivity index (χ2v) is 7.20. The first kappa shape index (κ1) is 15.0. The van der Waals surface area contributed by atoms with Gasteiger partial charge in [-0.05, 0) is 76.2 Å². The van der Waals surface area contributed by atoms with Crippen LogP contribution in [0.15, 0.2) is 24.3 Å². The molecular formula is C19H28N4. The zero-order valence-electron chi connectivity index (χ0n) is 14.0. The molecule has 0 saturated carbocycles. The van der Waals surface area contributed by atoms with Crippen molar-refractivity contribution in [1.82, 2.24) is 14.9 Å². The summed E-state index contributed by atoms with van der Waals surface area (Å²) in [6, 6.07) is 8.31. The quantitative estimate of drug-likeness (QED) is 0.915. The Morgan fingerprint density at radius 3 is 2.61 bits per heavy atom. The van der Waals surface area contributed by atoms with Crippen LogP contribution in [0.5, 0.6) is 0 Å². The van der Waals surface area contributed by atoms with E-state index in [1.165, 1.54) is 58.2 Å². The Balaban J connectivity index is 1.25. The molecular weight excluding hydrogens is 284 g/mol. The molecule has 0 spiro atoms. The number of hydrogen-bond donors (Lipinski definition) is 1. The molecule has 1 aromatic carbocycles. The average Bonchev–Trinajstić information content (AvgIpc) is 3.24. The van der Waals surface area contributed by atoms with Gasteiger partial charge in [-0.2, -0.15) is 0 Å². The molecule has 0 radical (unpaired) electrons. The molecule has 2 aliphatic rings. The first-order chi connectivity index (χ1) is 11.4. The molecule has 0 unspecified atom stereocenters. The summed E-state index contributed by atoms with van der Waals surface area (Å²) in [7, 11) is 0. The Kier molecular flexibility index (Phi) is 4.51. The highest BCUT2D eigenvalue weighted by molar-refractivity contribution is 5.77. The molecule has 1 aromatic heterocycles. The summed E-state index contributed by atoms with van der Waals surface area (Å²) in [5.41, 5.74) is 2.23. The minimum Gasteiger partial charge on any atom is -0.342 e. The summed E-state index contributed by atoms with van der Waals surface area (Å²) < 4.78 is 0. The first-order valence-corrected chi connectivity index (χ1v) is 9.30. The molecule has 0 aliphatic carbocycles. The monoisotopic (exact) mass is 312 g/mol. The van der Waals surface area contributed by atoms with E-state index in [0.717, 1.165) is 36.0 Å². The lowest BCUT2D eigenvalue weighted by Crippen LogP contribution is -2.34. The highest BCUT2D eigenvalue weighted by Gasteiger charge is 2.21. The van der Waals surface area contributed by atoms with E-state index < -0.39 is 0 Å². The van der Waals surface area contributed by atoms with E-state index in [1.54, 1.807) is 0 Å². The Morgan fingerprint density at radius 2 is 1.83 bits per heavy atom. The SMILES string of the molecule is c1ccc2[nH]c(N3CCC(CCCN4CCCC4)CC3)nc2c1. The lowest BCUT2D eigenvalue weighted by Gasteiger charge is -2.32. The molecule has 4 nitrogen and oxygen atoms in total. The molecule has 0 bridgehead atoms. The average molecular weight is 312 g/mol. The Bertz CT molecular complexity index is 588. The van der Waals surface area contributed by atoms with Gasteiger partial charge >= 0.3 is 0 Å². The fourth-order valence-electron chi connectivity index (χ4n) is 4.13. The number of fused-ring (bicyclic) bond motifs is 1. The van der Waals surface area contributed by atoms with Gasteiger partial charge in [0.1, 0.15) is 0 Å². The molecule has 4 heteroatoms. The predicted molar refractivity (Wildman–Crippen MR) is 95.9 cm³/mol. The van der Waals surface area contributed by atoms with Gasteiger partial charge in [-0.1, -0.05) is 12.1 Å². The normalized spacial score (nSPS) is 20.6.